The van der Waals surface area contributed by atoms with Crippen LogP contribution < -0.4 is 4.52 Å². The fourth-order valence-corrected chi connectivity index (χ4v) is 3.17. The topological polar surface area (TPSA) is 79.7 Å². The van der Waals surface area contributed by atoms with E-state index in [1.54, 1.807) is 23.5 Å². The van der Waals surface area contributed by atoms with E-state index in [1.165, 1.54) is 12.1 Å². The van der Waals surface area contributed by atoms with Crippen LogP contribution in [0.3, 0.4) is 0 Å². The number of hydrogen-bond acceptors (Lipinski definition) is 4. The first kappa shape index (κ1) is 14.9. The van der Waals surface area contributed by atoms with Gasteiger partial charge in [-0.15, -0.1) is 11.3 Å². The van der Waals surface area contributed by atoms with Crippen molar-refractivity contribution in [3.8, 4) is 5.75 Å². The smallest absolute Gasteiger partial charge is 0.404 e. The van der Waals surface area contributed by atoms with E-state index in [9.17, 15) is 4.57 Å². The Hall–Kier alpha value is -1.98. The third kappa shape index (κ3) is 3.81. The van der Waals surface area contributed by atoms with Gasteiger partial charge in [0, 0.05) is 0 Å². The molecule has 1 heterocycles. The molecular weight excluding hydrogens is 321 g/mol. The van der Waals surface area contributed by atoms with Gasteiger partial charge >= 0.3 is 7.82 Å². The molecule has 0 fully saturated rings. The molecule has 0 bridgehead atoms. The van der Waals surface area contributed by atoms with E-state index < -0.39 is 7.82 Å². The molecule has 0 radical (unpaired) electrons. The Balaban J connectivity index is 1.76. The van der Waals surface area contributed by atoms with Crippen LogP contribution in [0.15, 0.2) is 48.5 Å². The lowest BCUT2D eigenvalue weighted by atomic mass is 10.2. The first-order chi connectivity index (χ1) is 10.5. The van der Waals surface area contributed by atoms with Gasteiger partial charge in [-0.05, 0) is 35.9 Å². The molecule has 22 heavy (non-hydrogen) atoms. The Morgan fingerprint density at radius 1 is 1.05 bits per heavy atom. The molecule has 3 rings (SSSR count). The van der Waals surface area contributed by atoms with E-state index in [1.807, 2.05) is 36.4 Å². The highest BCUT2D eigenvalue weighted by Gasteiger charge is 2.15. The molecule has 0 atom stereocenters. The maximum atomic E-state index is 10.7. The molecule has 0 aliphatic carbocycles. The summed E-state index contributed by atoms with van der Waals surface area (Å²) in [7, 11) is -4.51. The summed E-state index contributed by atoms with van der Waals surface area (Å²) in [4.78, 5) is 22.0. The SMILES string of the molecule is O=P(O)(O)Oc1ccc(/C=C/c2nc3ccccc3s2)cc1. The maximum Gasteiger partial charge on any atom is 0.524 e. The molecule has 0 aliphatic heterocycles. The van der Waals surface area contributed by atoms with Crippen molar-refractivity contribution in [2.24, 2.45) is 0 Å². The average molecular weight is 333 g/mol. The number of nitrogens with zero attached hydrogens (tertiary/aromatic N) is 1. The van der Waals surface area contributed by atoms with Crippen LogP contribution in [0.2, 0.25) is 0 Å². The molecule has 0 amide bonds. The quantitative estimate of drug-likeness (QED) is 0.707. The largest absolute Gasteiger partial charge is 0.524 e. The van der Waals surface area contributed by atoms with Crippen LogP contribution >= 0.6 is 19.2 Å². The van der Waals surface area contributed by atoms with E-state index in [0.29, 0.717) is 0 Å². The van der Waals surface area contributed by atoms with Crippen LogP contribution in [0.1, 0.15) is 10.6 Å². The predicted octanol–water partition coefficient (Wildman–Crippen LogP) is 3.94. The number of phosphoric acid groups is 1. The molecule has 2 N–H and O–H groups in total. The maximum absolute atomic E-state index is 10.7. The van der Waals surface area contributed by atoms with E-state index in [4.69, 9.17) is 9.79 Å². The summed E-state index contributed by atoms with van der Waals surface area (Å²) in [6, 6.07) is 14.4. The lowest BCUT2D eigenvalue weighted by Crippen LogP contribution is -1.89. The summed E-state index contributed by atoms with van der Waals surface area (Å²) in [6.07, 6.45) is 3.79. The monoisotopic (exact) mass is 333 g/mol. The second-order valence-corrected chi connectivity index (χ2v) is 6.73. The molecule has 1 aromatic heterocycles. The second kappa shape index (κ2) is 6.02. The van der Waals surface area contributed by atoms with Gasteiger partial charge in [0.2, 0.25) is 0 Å². The summed E-state index contributed by atoms with van der Waals surface area (Å²) in [5.41, 5.74) is 1.86. The van der Waals surface area contributed by atoms with Crippen LogP contribution in [0.4, 0.5) is 0 Å². The average Bonchev–Trinajstić information content (AvgIpc) is 2.88. The van der Waals surface area contributed by atoms with Crippen molar-refractivity contribution >= 4 is 41.5 Å². The van der Waals surface area contributed by atoms with E-state index in [-0.39, 0.29) is 5.75 Å². The summed E-state index contributed by atoms with van der Waals surface area (Å²) < 4.78 is 16.4. The molecule has 0 aliphatic rings. The Kier molecular flexibility index (Phi) is 4.09. The lowest BCUT2D eigenvalue weighted by Gasteiger charge is -2.06. The number of para-hydroxylation sites is 1. The lowest BCUT2D eigenvalue weighted by molar-refractivity contribution is 0.283. The van der Waals surface area contributed by atoms with Crippen LogP contribution in [-0.2, 0) is 4.57 Å². The number of phosphoric ester groups is 1. The summed E-state index contributed by atoms with van der Waals surface area (Å²) in [6.45, 7) is 0. The number of hydrogen-bond donors (Lipinski definition) is 2. The van der Waals surface area contributed by atoms with E-state index in [0.717, 1.165) is 20.8 Å². The van der Waals surface area contributed by atoms with Crippen LogP contribution in [0, 0.1) is 0 Å². The molecular formula is C15H12NO4PS. The van der Waals surface area contributed by atoms with Crippen molar-refractivity contribution < 1.29 is 18.9 Å². The number of aromatic nitrogens is 1. The molecule has 2 aromatic carbocycles. The van der Waals surface area contributed by atoms with Gasteiger partial charge in [-0.1, -0.05) is 30.3 Å². The highest BCUT2D eigenvalue weighted by atomic mass is 32.1. The summed E-state index contributed by atoms with van der Waals surface area (Å²) in [5, 5.41) is 0.900. The van der Waals surface area contributed by atoms with Crippen molar-refractivity contribution in [2.75, 3.05) is 0 Å². The zero-order valence-electron chi connectivity index (χ0n) is 11.3. The molecule has 0 spiro atoms. The minimum atomic E-state index is -4.51. The van der Waals surface area contributed by atoms with Gasteiger partial charge in [0.15, 0.2) is 0 Å². The number of benzene rings is 2. The second-order valence-electron chi connectivity index (χ2n) is 4.50. The molecule has 0 saturated carbocycles. The Morgan fingerprint density at radius 3 is 2.45 bits per heavy atom. The molecule has 0 saturated heterocycles. The number of rotatable bonds is 4. The summed E-state index contributed by atoms with van der Waals surface area (Å²) >= 11 is 1.60. The van der Waals surface area contributed by atoms with Crippen LogP contribution in [0.5, 0.6) is 5.75 Å². The predicted molar refractivity (Wildman–Crippen MR) is 87.7 cm³/mol. The first-order valence-electron chi connectivity index (χ1n) is 6.38. The zero-order valence-corrected chi connectivity index (χ0v) is 13.0. The van der Waals surface area contributed by atoms with Gasteiger partial charge in [0.1, 0.15) is 10.8 Å². The van der Waals surface area contributed by atoms with Gasteiger partial charge in [-0.25, -0.2) is 9.55 Å². The van der Waals surface area contributed by atoms with Gasteiger partial charge in [0.25, 0.3) is 0 Å². The van der Waals surface area contributed by atoms with Crippen molar-refractivity contribution in [1.82, 2.24) is 4.98 Å². The highest BCUT2D eigenvalue weighted by Crippen LogP contribution is 2.37. The Morgan fingerprint density at radius 2 is 1.77 bits per heavy atom. The Labute approximate surface area is 130 Å². The minimum absolute atomic E-state index is 0.130. The first-order valence-corrected chi connectivity index (χ1v) is 8.73. The fourth-order valence-electron chi connectivity index (χ4n) is 1.91. The van der Waals surface area contributed by atoms with Crippen LogP contribution in [-0.4, -0.2) is 14.8 Å². The van der Waals surface area contributed by atoms with Gasteiger partial charge < -0.3 is 4.52 Å². The van der Waals surface area contributed by atoms with Crippen molar-refractivity contribution in [2.45, 2.75) is 0 Å². The molecule has 3 aromatic rings. The van der Waals surface area contributed by atoms with Gasteiger partial charge in [0.05, 0.1) is 10.2 Å². The van der Waals surface area contributed by atoms with Gasteiger partial charge in [-0.3, -0.25) is 9.79 Å². The third-order valence-electron chi connectivity index (χ3n) is 2.83. The van der Waals surface area contributed by atoms with Crippen LogP contribution in [0.25, 0.3) is 22.4 Å². The Bertz CT molecular complexity index is 834. The van der Waals surface area contributed by atoms with Crippen molar-refractivity contribution in [3.63, 3.8) is 0 Å². The number of fused-ring (bicyclic) bond motifs is 1. The van der Waals surface area contributed by atoms with Crippen molar-refractivity contribution in [3.05, 3.63) is 59.1 Å². The highest BCUT2D eigenvalue weighted by molar-refractivity contribution is 7.46. The number of thiazole rings is 1. The molecule has 0 unspecified atom stereocenters. The third-order valence-corrected chi connectivity index (χ3v) is 4.28. The molecule has 7 heteroatoms. The standard InChI is InChI=1S/C15H12NO4PS/c17-21(18,19)20-12-8-5-11(6-9-12)7-10-15-16-13-3-1-2-4-14(13)22-15/h1-10H,(H2,17,18,19)/b10-7+. The molecule has 5 nitrogen and oxygen atoms in total. The molecule has 112 valence electrons. The van der Waals surface area contributed by atoms with E-state index >= 15 is 0 Å². The zero-order chi connectivity index (χ0) is 15.6. The normalized spacial score (nSPS) is 12.1. The van der Waals surface area contributed by atoms with E-state index in [2.05, 4.69) is 9.51 Å². The van der Waals surface area contributed by atoms with Gasteiger partial charge in [-0.2, -0.15) is 0 Å². The minimum Gasteiger partial charge on any atom is -0.404 e. The summed E-state index contributed by atoms with van der Waals surface area (Å²) in [5.74, 6) is 0.130. The fraction of sp³-hybridized carbons (Fsp3) is 0. The van der Waals surface area contributed by atoms with Crippen molar-refractivity contribution in [1.29, 1.82) is 0 Å².